The van der Waals surface area contributed by atoms with Crippen molar-refractivity contribution in [3.8, 4) is 5.75 Å². The Morgan fingerprint density at radius 1 is 1.52 bits per heavy atom. The van der Waals surface area contributed by atoms with Gasteiger partial charge in [-0.1, -0.05) is 12.1 Å². The minimum atomic E-state index is -0.107. The van der Waals surface area contributed by atoms with E-state index in [0.29, 0.717) is 12.3 Å². The maximum Gasteiger partial charge on any atom is 0.315 e. The van der Waals surface area contributed by atoms with E-state index < -0.39 is 0 Å². The molecule has 5 heteroatoms. The summed E-state index contributed by atoms with van der Waals surface area (Å²) in [5, 5.41) is 15.9. The molecule has 3 rings (SSSR count). The summed E-state index contributed by atoms with van der Waals surface area (Å²) in [6.07, 6.45) is 4.07. The van der Waals surface area contributed by atoms with Crippen LogP contribution in [-0.2, 0) is 6.42 Å². The number of amides is 2. The smallest absolute Gasteiger partial charge is 0.315 e. The molecule has 1 aromatic carbocycles. The van der Waals surface area contributed by atoms with Crippen LogP contribution in [0, 0.1) is 0 Å². The summed E-state index contributed by atoms with van der Waals surface area (Å²) in [6.45, 7) is 2.93. The van der Waals surface area contributed by atoms with Crippen molar-refractivity contribution < 1.29 is 9.90 Å². The second-order valence-corrected chi connectivity index (χ2v) is 7.85. The number of phenols is 1. The number of carbonyl (C=O) groups excluding carboxylic acids is 1. The highest BCUT2D eigenvalue weighted by Gasteiger charge is 2.30. The van der Waals surface area contributed by atoms with Crippen molar-refractivity contribution >= 4 is 17.8 Å². The molecule has 0 bridgehead atoms. The zero-order valence-electron chi connectivity index (χ0n) is 12.3. The molecule has 1 aliphatic carbocycles. The Labute approximate surface area is 129 Å². The van der Waals surface area contributed by atoms with E-state index in [1.54, 1.807) is 6.07 Å². The number of thioether (sulfide) groups is 1. The van der Waals surface area contributed by atoms with Crippen LogP contribution < -0.4 is 10.6 Å². The topological polar surface area (TPSA) is 61.4 Å². The fourth-order valence-electron chi connectivity index (χ4n) is 3.24. The van der Waals surface area contributed by atoms with Crippen molar-refractivity contribution in [2.45, 2.75) is 43.4 Å². The summed E-state index contributed by atoms with van der Waals surface area (Å²) < 4.78 is 0.184. The quantitative estimate of drug-likeness (QED) is 0.804. The molecule has 0 spiro atoms. The third-order valence-electron chi connectivity index (χ3n) is 4.47. The number of carbonyl (C=O) groups is 1. The van der Waals surface area contributed by atoms with E-state index in [4.69, 9.17) is 0 Å². The molecular formula is C16H22N2O2S. The van der Waals surface area contributed by atoms with Crippen LogP contribution in [0.4, 0.5) is 4.79 Å². The third-order valence-corrected chi connectivity index (χ3v) is 6.01. The lowest BCUT2D eigenvalue weighted by Gasteiger charge is -2.24. The van der Waals surface area contributed by atoms with Gasteiger partial charge in [0.2, 0.25) is 0 Å². The SMILES string of the molecule is C[C@@]1(CNC(=O)N[C@H]2CCc3c(O)cccc32)CCCS1. The predicted molar refractivity (Wildman–Crippen MR) is 85.8 cm³/mol. The molecule has 2 atom stereocenters. The fourth-order valence-corrected chi connectivity index (χ4v) is 4.48. The lowest BCUT2D eigenvalue weighted by atomic mass is 10.1. The van der Waals surface area contributed by atoms with Gasteiger partial charge in [0, 0.05) is 11.3 Å². The summed E-state index contributed by atoms with van der Waals surface area (Å²) in [4.78, 5) is 12.1. The van der Waals surface area contributed by atoms with Crippen molar-refractivity contribution in [3.63, 3.8) is 0 Å². The van der Waals surface area contributed by atoms with Crippen LogP contribution in [0.25, 0.3) is 0 Å². The number of hydrogen-bond donors (Lipinski definition) is 3. The van der Waals surface area contributed by atoms with Gasteiger partial charge in [-0.3, -0.25) is 0 Å². The lowest BCUT2D eigenvalue weighted by molar-refractivity contribution is 0.236. The minimum absolute atomic E-state index is 0.0103. The molecular weight excluding hydrogens is 284 g/mol. The molecule has 114 valence electrons. The van der Waals surface area contributed by atoms with Crippen LogP contribution in [0.1, 0.15) is 43.4 Å². The molecule has 3 N–H and O–H groups in total. The fraction of sp³-hybridized carbons (Fsp3) is 0.562. The molecule has 0 unspecified atom stereocenters. The highest BCUT2D eigenvalue weighted by molar-refractivity contribution is 8.00. The van der Waals surface area contributed by atoms with Crippen molar-refractivity contribution in [3.05, 3.63) is 29.3 Å². The summed E-state index contributed by atoms with van der Waals surface area (Å²) in [5.41, 5.74) is 2.02. The Hall–Kier alpha value is -1.36. The highest BCUT2D eigenvalue weighted by atomic mass is 32.2. The lowest BCUT2D eigenvalue weighted by Crippen LogP contribution is -2.43. The van der Waals surface area contributed by atoms with Crippen molar-refractivity contribution in [2.75, 3.05) is 12.3 Å². The van der Waals surface area contributed by atoms with Crippen LogP contribution >= 0.6 is 11.8 Å². The molecule has 1 saturated heterocycles. The normalized spacial score (nSPS) is 27.4. The van der Waals surface area contributed by atoms with Gasteiger partial charge < -0.3 is 15.7 Å². The molecule has 0 radical (unpaired) electrons. The van der Waals surface area contributed by atoms with Gasteiger partial charge in [-0.25, -0.2) is 4.79 Å². The van der Waals surface area contributed by atoms with Gasteiger partial charge in [0.1, 0.15) is 5.75 Å². The van der Waals surface area contributed by atoms with Crippen LogP contribution in [-0.4, -0.2) is 28.2 Å². The zero-order valence-corrected chi connectivity index (χ0v) is 13.1. The number of fused-ring (bicyclic) bond motifs is 1. The second kappa shape index (κ2) is 5.79. The summed E-state index contributed by atoms with van der Waals surface area (Å²) >= 11 is 1.94. The molecule has 2 aliphatic rings. The Morgan fingerprint density at radius 2 is 2.38 bits per heavy atom. The summed E-state index contributed by atoms with van der Waals surface area (Å²) in [7, 11) is 0. The molecule has 1 aliphatic heterocycles. The molecule has 21 heavy (non-hydrogen) atoms. The van der Waals surface area contributed by atoms with Crippen LogP contribution in [0.5, 0.6) is 5.75 Å². The van der Waals surface area contributed by atoms with Gasteiger partial charge in [-0.05, 0) is 55.6 Å². The molecule has 4 nitrogen and oxygen atoms in total. The van der Waals surface area contributed by atoms with Crippen molar-refractivity contribution in [2.24, 2.45) is 0 Å². The first kappa shape index (κ1) is 14.6. The van der Waals surface area contributed by atoms with E-state index in [2.05, 4.69) is 17.6 Å². The average molecular weight is 306 g/mol. The van der Waals surface area contributed by atoms with Crippen LogP contribution in [0.2, 0.25) is 0 Å². The van der Waals surface area contributed by atoms with Crippen LogP contribution in [0.3, 0.4) is 0 Å². The van der Waals surface area contributed by atoms with Crippen LogP contribution in [0.15, 0.2) is 18.2 Å². The van der Waals surface area contributed by atoms with E-state index in [1.165, 1.54) is 12.2 Å². The predicted octanol–water partition coefficient (Wildman–Crippen LogP) is 2.96. The first-order valence-electron chi connectivity index (χ1n) is 7.56. The molecule has 0 saturated carbocycles. The highest BCUT2D eigenvalue weighted by Crippen LogP contribution is 2.37. The Bertz CT molecular complexity index is 541. The Kier molecular flexibility index (Phi) is 4.02. The second-order valence-electron chi connectivity index (χ2n) is 6.17. The van der Waals surface area contributed by atoms with E-state index >= 15 is 0 Å². The van der Waals surface area contributed by atoms with Gasteiger partial charge in [0.05, 0.1) is 6.04 Å². The molecule has 2 amide bonds. The summed E-state index contributed by atoms with van der Waals surface area (Å²) in [6, 6.07) is 5.43. The molecule has 1 aromatic rings. The summed E-state index contributed by atoms with van der Waals surface area (Å²) in [5.74, 6) is 1.53. The third kappa shape index (κ3) is 3.12. The standard InChI is InChI=1S/C16H22N2O2S/c1-16(8-3-9-21-16)10-17-15(20)18-13-7-6-12-11(13)4-2-5-14(12)19/h2,4-5,13,19H,3,6-10H2,1H3,(H2,17,18,20)/t13-,16-/m0/s1. The molecule has 1 fully saturated rings. The average Bonchev–Trinajstić information content (AvgIpc) is 3.06. The van der Waals surface area contributed by atoms with Crippen molar-refractivity contribution in [1.29, 1.82) is 0 Å². The minimum Gasteiger partial charge on any atom is -0.508 e. The number of urea groups is 1. The maximum absolute atomic E-state index is 12.1. The van der Waals surface area contributed by atoms with Gasteiger partial charge in [-0.15, -0.1) is 0 Å². The number of hydrogen-bond acceptors (Lipinski definition) is 3. The maximum atomic E-state index is 12.1. The largest absolute Gasteiger partial charge is 0.508 e. The van der Waals surface area contributed by atoms with E-state index in [-0.39, 0.29) is 16.8 Å². The molecule has 1 heterocycles. The number of aromatic hydroxyl groups is 1. The van der Waals surface area contributed by atoms with Gasteiger partial charge in [0.15, 0.2) is 0 Å². The monoisotopic (exact) mass is 306 g/mol. The Morgan fingerprint density at radius 3 is 3.14 bits per heavy atom. The first-order chi connectivity index (χ1) is 10.1. The van der Waals surface area contributed by atoms with E-state index in [0.717, 1.165) is 30.4 Å². The number of rotatable bonds is 3. The zero-order chi connectivity index (χ0) is 14.9. The van der Waals surface area contributed by atoms with Gasteiger partial charge in [-0.2, -0.15) is 11.8 Å². The van der Waals surface area contributed by atoms with E-state index in [1.807, 2.05) is 23.9 Å². The molecule has 0 aromatic heterocycles. The number of phenolic OH excluding ortho intramolecular Hbond substituents is 1. The van der Waals surface area contributed by atoms with Gasteiger partial charge >= 0.3 is 6.03 Å². The number of nitrogens with one attached hydrogen (secondary N) is 2. The Balaban J connectivity index is 1.56. The number of benzene rings is 1. The van der Waals surface area contributed by atoms with Gasteiger partial charge in [0.25, 0.3) is 0 Å². The van der Waals surface area contributed by atoms with E-state index in [9.17, 15) is 9.90 Å². The first-order valence-corrected chi connectivity index (χ1v) is 8.55. The van der Waals surface area contributed by atoms with Crippen molar-refractivity contribution in [1.82, 2.24) is 10.6 Å².